The fourth-order valence-corrected chi connectivity index (χ4v) is 2.73. The lowest BCUT2D eigenvalue weighted by atomic mass is 10.0. The molecule has 7 heteroatoms. The van der Waals surface area contributed by atoms with E-state index in [0.717, 1.165) is 18.4 Å². The van der Waals surface area contributed by atoms with Crippen LogP contribution in [-0.2, 0) is 9.59 Å². The Morgan fingerprint density at radius 2 is 2.14 bits per heavy atom. The topological polar surface area (TPSA) is 67.4 Å². The van der Waals surface area contributed by atoms with Gasteiger partial charge in [0.15, 0.2) is 0 Å². The Labute approximate surface area is 139 Å². The van der Waals surface area contributed by atoms with E-state index >= 15 is 0 Å². The highest BCUT2D eigenvalue weighted by atomic mass is 35.5. The van der Waals surface area contributed by atoms with Crippen LogP contribution in [0.2, 0.25) is 10.0 Å². The van der Waals surface area contributed by atoms with Crippen molar-refractivity contribution in [1.82, 2.24) is 10.6 Å². The summed E-state index contributed by atoms with van der Waals surface area (Å²) in [4.78, 5) is 22.8. The van der Waals surface area contributed by atoms with Crippen molar-refractivity contribution in [3.8, 4) is 5.75 Å². The van der Waals surface area contributed by atoms with E-state index in [0.29, 0.717) is 28.9 Å². The van der Waals surface area contributed by atoms with Gasteiger partial charge in [-0.15, -0.1) is 0 Å². The summed E-state index contributed by atoms with van der Waals surface area (Å²) in [6.07, 6.45) is 1.80. The second kappa shape index (κ2) is 7.70. The Kier molecular flexibility index (Phi) is 5.91. The number of hydrogen-bond acceptors (Lipinski definition) is 3. The minimum atomic E-state index is -0.169. The molecule has 5 nitrogen and oxygen atoms in total. The SMILES string of the molecule is CC(=O)NCCC(=O)N[C@@H]1CCCOc2c1ccc(Cl)c2Cl. The normalized spacial score (nSPS) is 17.0. The number of carbonyl (C=O) groups is 2. The van der Waals surface area contributed by atoms with Gasteiger partial charge in [-0.05, 0) is 18.9 Å². The molecular weight excluding hydrogens is 327 g/mol. The van der Waals surface area contributed by atoms with Gasteiger partial charge in [0.05, 0.1) is 17.7 Å². The Morgan fingerprint density at radius 3 is 2.86 bits per heavy atom. The summed E-state index contributed by atoms with van der Waals surface area (Å²) < 4.78 is 5.66. The molecule has 1 atom stereocenters. The van der Waals surface area contributed by atoms with E-state index in [1.54, 1.807) is 6.07 Å². The van der Waals surface area contributed by atoms with Crippen molar-refractivity contribution in [1.29, 1.82) is 0 Å². The highest BCUT2D eigenvalue weighted by molar-refractivity contribution is 6.43. The Bertz CT molecular complexity index is 578. The molecule has 1 aliphatic heterocycles. The van der Waals surface area contributed by atoms with Crippen molar-refractivity contribution in [2.24, 2.45) is 0 Å². The minimum Gasteiger partial charge on any atom is -0.492 e. The molecule has 0 radical (unpaired) electrons. The van der Waals surface area contributed by atoms with Crippen LogP contribution in [0, 0.1) is 0 Å². The van der Waals surface area contributed by atoms with Gasteiger partial charge >= 0.3 is 0 Å². The molecule has 0 unspecified atom stereocenters. The Balaban J connectivity index is 2.07. The molecule has 0 aliphatic carbocycles. The van der Waals surface area contributed by atoms with Crippen LogP contribution in [0.5, 0.6) is 5.75 Å². The van der Waals surface area contributed by atoms with E-state index in [2.05, 4.69) is 10.6 Å². The average molecular weight is 345 g/mol. The molecule has 22 heavy (non-hydrogen) atoms. The first-order valence-corrected chi connectivity index (χ1v) is 7.89. The third-order valence-electron chi connectivity index (χ3n) is 3.40. The van der Waals surface area contributed by atoms with Crippen LogP contribution < -0.4 is 15.4 Å². The molecule has 120 valence electrons. The van der Waals surface area contributed by atoms with Gasteiger partial charge in [0.2, 0.25) is 11.8 Å². The minimum absolute atomic E-state index is 0.127. The third kappa shape index (κ3) is 4.27. The van der Waals surface area contributed by atoms with Gasteiger partial charge in [0, 0.05) is 25.5 Å². The average Bonchev–Trinajstić information content (AvgIpc) is 2.65. The molecule has 1 aromatic carbocycles. The summed E-state index contributed by atoms with van der Waals surface area (Å²) >= 11 is 12.2. The smallest absolute Gasteiger partial charge is 0.222 e. The van der Waals surface area contributed by atoms with E-state index < -0.39 is 0 Å². The summed E-state index contributed by atoms with van der Waals surface area (Å²) in [6.45, 7) is 2.27. The fourth-order valence-electron chi connectivity index (χ4n) is 2.35. The molecule has 0 spiro atoms. The van der Waals surface area contributed by atoms with Crippen LogP contribution in [0.3, 0.4) is 0 Å². The molecule has 0 bridgehead atoms. The van der Waals surface area contributed by atoms with E-state index in [1.807, 2.05) is 6.07 Å². The molecule has 0 fully saturated rings. The maximum absolute atomic E-state index is 12.0. The maximum Gasteiger partial charge on any atom is 0.222 e. The number of amides is 2. The molecular formula is C15H18Cl2N2O3. The second-order valence-corrected chi connectivity index (χ2v) is 5.91. The van der Waals surface area contributed by atoms with Gasteiger partial charge in [-0.25, -0.2) is 0 Å². The maximum atomic E-state index is 12.0. The molecule has 1 aromatic rings. The lowest BCUT2D eigenvalue weighted by molar-refractivity contribution is -0.122. The van der Waals surface area contributed by atoms with Crippen molar-refractivity contribution in [3.05, 3.63) is 27.7 Å². The second-order valence-electron chi connectivity index (χ2n) is 5.12. The third-order valence-corrected chi connectivity index (χ3v) is 4.19. The standard InChI is InChI=1S/C15H18Cl2N2O3/c1-9(20)18-7-6-13(21)19-12-3-2-8-22-15-10(12)4-5-11(16)14(15)17/h4-5,12H,2-3,6-8H2,1H3,(H,18,20)(H,19,21)/t12-/m1/s1. The van der Waals surface area contributed by atoms with Gasteiger partial charge in [-0.2, -0.15) is 0 Å². The van der Waals surface area contributed by atoms with Crippen LogP contribution >= 0.6 is 23.2 Å². The van der Waals surface area contributed by atoms with Crippen LogP contribution in [0.15, 0.2) is 12.1 Å². The summed E-state index contributed by atoms with van der Waals surface area (Å²) in [5.41, 5.74) is 0.833. The summed E-state index contributed by atoms with van der Waals surface area (Å²) in [5, 5.41) is 6.36. The number of rotatable bonds is 4. The predicted molar refractivity (Wildman–Crippen MR) is 85.4 cm³/mol. The number of hydrogen-bond donors (Lipinski definition) is 2. The van der Waals surface area contributed by atoms with Crippen LogP contribution in [0.4, 0.5) is 0 Å². The van der Waals surface area contributed by atoms with E-state index in [-0.39, 0.29) is 24.3 Å². The van der Waals surface area contributed by atoms with Gasteiger partial charge in [0.25, 0.3) is 0 Å². The molecule has 1 aliphatic rings. The van der Waals surface area contributed by atoms with Crippen molar-refractivity contribution in [2.75, 3.05) is 13.2 Å². The lowest BCUT2D eigenvalue weighted by Crippen LogP contribution is -2.32. The first-order chi connectivity index (χ1) is 10.5. The van der Waals surface area contributed by atoms with Crippen LogP contribution in [0.25, 0.3) is 0 Å². The largest absolute Gasteiger partial charge is 0.492 e. The Morgan fingerprint density at radius 1 is 1.36 bits per heavy atom. The predicted octanol–water partition coefficient (Wildman–Crippen LogP) is 2.85. The molecule has 2 rings (SSSR count). The Hall–Kier alpha value is -1.46. The van der Waals surface area contributed by atoms with Crippen LogP contribution in [0.1, 0.15) is 37.8 Å². The van der Waals surface area contributed by atoms with Gasteiger partial charge in [0.1, 0.15) is 10.8 Å². The van der Waals surface area contributed by atoms with Gasteiger partial charge in [-0.1, -0.05) is 29.3 Å². The first-order valence-electron chi connectivity index (χ1n) is 7.13. The van der Waals surface area contributed by atoms with Crippen molar-refractivity contribution in [3.63, 3.8) is 0 Å². The highest BCUT2D eigenvalue weighted by Crippen LogP contribution is 2.40. The van der Waals surface area contributed by atoms with Crippen molar-refractivity contribution >= 4 is 35.0 Å². The molecule has 2 N–H and O–H groups in total. The summed E-state index contributed by atoms with van der Waals surface area (Å²) in [5.74, 6) is 0.263. The summed E-state index contributed by atoms with van der Waals surface area (Å²) in [6, 6.07) is 3.36. The van der Waals surface area contributed by atoms with E-state index in [1.165, 1.54) is 6.92 Å². The number of carbonyl (C=O) groups excluding carboxylic acids is 2. The zero-order valence-corrected chi connectivity index (χ0v) is 13.8. The van der Waals surface area contributed by atoms with Crippen molar-refractivity contribution in [2.45, 2.75) is 32.2 Å². The number of ether oxygens (including phenoxy) is 1. The number of fused-ring (bicyclic) bond motifs is 1. The number of benzene rings is 1. The van der Waals surface area contributed by atoms with Crippen LogP contribution in [-0.4, -0.2) is 25.0 Å². The number of nitrogens with one attached hydrogen (secondary N) is 2. The molecule has 0 saturated carbocycles. The molecule has 0 saturated heterocycles. The summed E-state index contributed by atoms with van der Waals surface area (Å²) in [7, 11) is 0. The van der Waals surface area contributed by atoms with E-state index in [4.69, 9.17) is 27.9 Å². The van der Waals surface area contributed by atoms with Gasteiger partial charge in [-0.3, -0.25) is 9.59 Å². The quantitative estimate of drug-likeness (QED) is 0.882. The zero-order chi connectivity index (χ0) is 16.1. The van der Waals surface area contributed by atoms with Gasteiger partial charge < -0.3 is 15.4 Å². The van der Waals surface area contributed by atoms with Crippen molar-refractivity contribution < 1.29 is 14.3 Å². The monoisotopic (exact) mass is 344 g/mol. The molecule has 0 aromatic heterocycles. The highest BCUT2D eigenvalue weighted by Gasteiger charge is 2.24. The fraction of sp³-hybridized carbons (Fsp3) is 0.467. The van der Waals surface area contributed by atoms with E-state index in [9.17, 15) is 9.59 Å². The first kappa shape index (κ1) is 16.9. The molecule has 1 heterocycles. The molecule has 2 amide bonds. The number of halogens is 2. The lowest BCUT2D eigenvalue weighted by Gasteiger charge is -2.19. The zero-order valence-electron chi connectivity index (χ0n) is 12.2.